The first kappa shape index (κ1) is 26.1. The van der Waals surface area contributed by atoms with Gasteiger partial charge in [-0.3, -0.25) is 13.6 Å². The fourth-order valence-corrected chi connectivity index (χ4v) is 4.85. The molecule has 12 heteroatoms. The van der Waals surface area contributed by atoms with Crippen LogP contribution in [0, 0.1) is 11.8 Å². The van der Waals surface area contributed by atoms with Crippen LogP contribution in [0.1, 0.15) is 34.1 Å². The van der Waals surface area contributed by atoms with E-state index in [1.165, 1.54) is 7.11 Å². The molecule has 2 saturated heterocycles. The van der Waals surface area contributed by atoms with E-state index in [0.717, 1.165) is 0 Å². The third kappa shape index (κ3) is 6.66. The maximum Gasteiger partial charge on any atom is 0.474 e. The van der Waals surface area contributed by atoms with Crippen molar-refractivity contribution in [3.8, 4) is 0 Å². The lowest BCUT2D eigenvalue weighted by atomic mass is 9.88. The van der Waals surface area contributed by atoms with Gasteiger partial charge in [-0.05, 0) is 26.2 Å². The van der Waals surface area contributed by atoms with E-state index in [9.17, 15) is 14.8 Å². The molecular weight excluding hydrogens is 419 g/mol. The Morgan fingerprint density at radius 1 is 1.10 bits per heavy atom. The van der Waals surface area contributed by atoms with E-state index >= 15 is 0 Å². The number of ether oxygens (including phenoxy) is 3. The smallest absolute Gasteiger partial charge is 0.386 e. The predicted octanol–water partition coefficient (Wildman–Crippen LogP) is 0.319. The van der Waals surface area contributed by atoms with Crippen LogP contribution in [0.4, 0.5) is 0 Å². The second-order valence-electron chi connectivity index (χ2n) is 8.45. The Morgan fingerprint density at radius 3 is 2.30 bits per heavy atom. The topological polar surface area (TPSA) is 165 Å². The maximum absolute atomic E-state index is 13.1. The number of rotatable bonds is 10. The molecule has 0 aromatic heterocycles. The van der Waals surface area contributed by atoms with Crippen LogP contribution in [0.25, 0.3) is 0 Å². The van der Waals surface area contributed by atoms with E-state index < -0.39 is 50.8 Å². The molecule has 178 valence electrons. The number of hydrogen-bond acceptors (Lipinski definition) is 11. The van der Waals surface area contributed by atoms with Crippen LogP contribution in [0.5, 0.6) is 0 Å². The molecule has 2 fully saturated rings. The molecule has 0 radical (unpaired) electrons. The highest BCUT2D eigenvalue weighted by molar-refractivity contribution is 7.48. The summed E-state index contributed by atoms with van der Waals surface area (Å²) in [6.45, 7) is 7.65. The number of aliphatic hydroxyl groups is 2. The Bertz CT molecular complexity index is 582. The maximum atomic E-state index is 13.1. The van der Waals surface area contributed by atoms with Crippen molar-refractivity contribution in [3.63, 3.8) is 0 Å². The summed E-state index contributed by atoms with van der Waals surface area (Å²) < 4.78 is 45.8. The molecule has 0 aromatic carbocycles. The summed E-state index contributed by atoms with van der Waals surface area (Å²) >= 11 is 0. The molecule has 0 spiro atoms. The first-order chi connectivity index (χ1) is 14.0. The molecule has 30 heavy (non-hydrogen) atoms. The Hall–Kier alpha value is -0.170. The van der Waals surface area contributed by atoms with Crippen molar-refractivity contribution in [2.24, 2.45) is 23.3 Å². The monoisotopic (exact) mass is 456 g/mol. The lowest BCUT2D eigenvalue weighted by Gasteiger charge is -2.40. The largest absolute Gasteiger partial charge is 0.474 e. The molecule has 2 heterocycles. The Morgan fingerprint density at radius 2 is 1.73 bits per heavy atom. The van der Waals surface area contributed by atoms with Crippen LogP contribution >= 0.6 is 7.82 Å². The Kier molecular flexibility index (Phi) is 9.66. The number of phosphoric ester groups is 1. The van der Waals surface area contributed by atoms with Crippen molar-refractivity contribution < 1.29 is 42.6 Å². The normalized spacial score (nSPS) is 39.6. The van der Waals surface area contributed by atoms with E-state index in [2.05, 4.69) is 0 Å². The van der Waals surface area contributed by atoms with Crippen LogP contribution in [0.15, 0.2) is 0 Å². The van der Waals surface area contributed by atoms with Crippen LogP contribution in [0.2, 0.25) is 0 Å². The average Bonchev–Trinajstić information content (AvgIpc) is 2.93. The number of phosphoric acid groups is 1. The van der Waals surface area contributed by atoms with Crippen molar-refractivity contribution in [2.45, 2.75) is 83.2 Å². The zero-order valence-corrected chi connectivity index (χ0v) is 19.1. The van der Waals surface area contributed by atoms with Gasteiger partial charge in [-0.25, -0.2) is 4.57 Å². The third-order valence-electron chi connectivity index (χ3n) is 5.09. The first-order valence-electron chi connectivity index (χ1n) is 10.3. The summed E-state index contributed by atoms with van der Waals surface area (Å²) in [6, 6.07) is 0. The van der Waals surface area contributed by atoms with Gasteiger partial charge in [-0.2, -0.15) is 0 Å². The van der Waals surface area contributed by atoms with Gasteiger partial charge in [0.1, 0.15) is 43.0 Å². The van der Waals surface area contributed by atoms with Gasteiger partial charge in [0.2, 0.25) is 0 Å². The van der Waals surface area contributed by atoms with Gasteiger partial charge in [0.25, 0.3) is 0 Å². The van der Waals surface area contributed by atoms with Crippen molar-refractivity contribution >= 4 is 7.82 Å². The minimum atomic E-state index is -4.10. The van der Waals surface area contributed by atoms with Gasteiger partial charge < -0.3 is 35.9 Å². The van der Waals surface area contributed by atoms with Crippen molar-refractivity contribution in [2.75, 3.05) is 20.3 Å². The van der Waals surface area contributed by atoms with Gasteiger partial charge in [0.15, 0.2) is 0 Å². The minimum Gasteiger partial charge on any atom is -0.386 e. The highest BCUT2D eigenvalue weighted by Gasteiger charge is 2.47. The van der Waals surface area contributed by atoms with Gasteiger partial charge >= 0.3 is 7.82 Å². The molecule has 2 aliphatic rings. The molecule has 0 saturated carbocycles. The molecule has 2 rings (SSSR count). The summed E-state index contributed by atoms with van der Waals surface area (Å²) in [5.41, 5.74) is 11.5. The van der Waals surface area contributed by atoms with Crippen molar-refractivity contribution in [3.05, 3.63) is 0 Å². The van der Waals surface area contributed by atoms with Crippen LogP contribution < -0.4 is 11.5 Å². The van der Waals surface area contributed by atoms with Gasteiger partial charge in [0, 0.05) is 13.0 Å². The van der Waals surface area contributed by atoms with E-state index in [0.29, 0.717) is 6.42 Å². The van der Waals surface area contributed by atoms with Crippen molar-refractivity contribution in [1.29, 1.82) is 0 Å². The lowest BCUT2D eigenvalue weighted by Crippen LogP contribution is -2.54. The van der Waals surface area contributed by atoms with Crippen LogP contribution in [0.3, 0.4) is 0 Å². The fourth-order valence-electron chi connectivity index (χ4n) is 3.67. The fraction of sp³-hybridized carbons (Fsp3) is 1.00. The third-order valence-corrected chi connectivity index (χ3v) is 6.50. The number of hydrogen-bond donors (Lipinski definition) is 4. The van der Waals surface area contributed by atoms with Gasteiger partial charge in [0.05, 0.1) is 19.3 Å². The molecule has 6 N–H and O–H groups in total. The summed E-state index contributed by atoms with van der Waals surface area (Å²) in [7, 11) is -2.91. The predicted molar refractivity (Wildman–Crippen MR) is 107 cm³/mol. The minimum absolute atomic E-state index is 0.192. The quantitative estimate of drug-likeness (QED) is 0.334. The molecule has 0 aromatic rings. The van der Waals surface area contributed by atoms with E-state index in [1.807, 2.05) is 27.7 Å². The average molecular weight is 456 g/mol. The van der Waals surface area contributed by atoms with Gasteiger partial charge in [-0.15, -0.1) is 0 Å². The number of aliphatic hydroxyl groups excluding tert-OH is 2. The molecule has 5 unspecified atom stereocenters. The molecular formula is C18H37N2O9P. The zero-order valence-electron chi connectivity index (χ0n) is 18.2. The molecule has 0 amide bonds. The zero-order chi connectivity index (χ0) is 22.6. The highest BCUT2D eigenvalue weighted by atomic mass is 31.2. The van der Waals surface area contributed by atoms with Gasteiger partial charge in [-0.1, -0.05) is 13.8 Å². The summed E-state index contributed by atoms with van der Waals surface area (Å²) in [5.74, 6) is 0.0414. The summed E-state index contributed by atoms with van der Waals surface area (Å²) in [6.07, 6.45) is -6.17. The summed E-state index contributed by atoms with van der Waals surface area (Å²) in [5, 5.41) is 20.7. The van der Waals surface area contributed by atoms with Crippen LogP contribution in [-0.4, -0.2) is 79.6 Å². The molecule has 11 nitrogen and oxygen atoms in total. The standard InChI is InChI=1S/C18H37N2O9P/c1-9(2)6-11-7-25-17(19)13(21)15(11)29-30(23,24-5)26-8-12-16(27-10(3)4)14(22)18(20)28-12/h9-18,21-22H,6-8,19-20H2,1-5H3/t11-,12+,13?,14?,15?,16?,17+,18+,30?/m0/s1. The van der Waals surface area contributed by atoms with E-state index in [1.54, 1.807) is 0 Å². The molecule has 2 aliphatic heterocycles. The van der Waals surface area contributed by atoms with Crippen molar-refractivity contribution in [1.82, 2.24) is 0 Å². The van der Waals surface area contributed by atoms with E-state index in [-0.39, 0.29) is 31.2 Å². The second-order valence-corrected chi connectivity index (χ2v) is 10.2. The molecule has 9 atom stereocenters. The van der Waals surface area contributed by atoms with E-state index in [4.69, 9.17) is 39.2 Å². The Labute approximate surface area is 177 Å². The molecule has 0 aliphatic carbocycles. The second kappa shape index (κ2) is 11.1. The number of nitrogens with two attached hydrogens (primary N) is 2. The summed E-state index contributed by atoms with van der Waals surface area (Å²) in [4.78, 5) is 0. The lowest BCUT2D eigenvalue weighted by molar-refractivity contribution is -0.163. The SMILES string of the molecule is COP(=O)(OC[C@H]1O[C@@H](N)C(O)C1OC(C)C)OC1C(O)[C@H](N)OC[C@@H]1CC(C)C. The Balaban J connectivity index is 2.07. The van der Waals surface area contributed by atoms with Crippen LogP contribution in [-0.2, 0) is 32.3 Å². The molecule has 0 bridgehead atoms. The first-order valence-corrected chi connectivity index (χ1v) is 11.7. The highest BCUT2D eigenvalue weighted by Crippen LogP contribution is 2.52.